The second-order valence-corrected chi connectivity index (χ2v) is 16.3. The highest BCUT2D eigenvalue weighted by molar-refractivity contribution is 6.02. The molecule has 2 aliphatic carbocycles. The van der Waals surface area contributed by atoms with Crippen LogP contribution in [0.3, 0.4) is 0 Å². The van der Waals surface area contributed by atoms with Crippen LogP contribution in [-0.4, -0.2) is 0 Å². The highest BCUT2D eigenvalue weighted by atomic mass is 15.2. The maximum Gasteiger partial charge on any atom is 0.0726 e. The molecule has 282 valence electrons. The van der Waals surface area contributed by atoms with Crippen LogP contribution < -0.4 is 9.80 Å². The van der Waals surface area contributed by atoms with E-state index in [2.05, 4.69) is 232 Å². The Morgan fingerprint density at radius 3 is 1.17 bits per heavy atom. The summed E-state index contributed by atoms with van der Waals surface area (Å²) in [6.07, 6.45) is 0. The fraction of sp³-hybridized carbons (Fsp3) is 0.0877. The van der Waals surface area contributed by atoms with E-state index in [-0.39, 0.29) is 0 Å². The summed E-state index contributed by atoms with van der Waals surface area (Å²) in [5, 5.41) is 2.46. The number of anilines is 6. The third-order valence-corrected chi connectivity index (χ3v) is 13.0. The number of aryl methyl sites for hydroxylation is 4. The van der Waals surface area contributed by atoms with E-state index in [0.29, 0.717) is 0 Å². The van der Waals surface area contributed by atoms with Crippen LogP contribution in [0.1, 0.15) is 44.5 Å². The Morgan fingerprint density at radius 1 is 0.288 bits per heavy atom. The Bertz CT molecular complexity index is 3000. The number of hydrogen-bond acceptors (Lipinski definition) is 2. The van der Waals surface area contributed by atoms with Gasteiger partial charge in [-0.1, -0.05) is 133 Å². The van der Waals surface area contributed by atoms with Crippen LogP contribution >= 0.6 is 0 Å². The lowest BCUT2D eigenvalue weighted by Gasteiger charge is -2.33. The lowest BCUT2D eigenvalue weighted by molar-refractivity contribution is 0.795. The molecule has 2 nitrogen and oxygen atoms in total. The Hall–Kier alpha value is -7.16. The van der Waals surface area contributed by atoms with Crippen molar-refractivity contribution in [1.29, 1.82) is 0 Å². The number of nitrogens with zero attached hydrogens (tertiary/aromatic N) is 2. The fourth-order valence-electron chi connectivity index (χ4n) is 10.2. The molecule has 59 heavy (non-hydrogen) atoms. The molecule has 0 radical (unpaired) electrons. The summed E-state index contributed by atoms with van der Waals surface area (Å²) in [5.74, 6) is 0. The van der Waals surface area contributed by atoms with Crippen LogP contribution in [-0.2, 0) is 5.41 Å². The van der Waals surface area contributed by atoms with Gasteiger partial charge in [-0.15, -0.1) is 0 Å². The van der Waals surface area contributed by atoms with E-state index in [4.69, 9.17) is 0 Å². The molecule has 0 aliphatic heterocycles. The summed E-state index contributed by atoms with van der Waals surface area (Å²) in [4.78, 5) is 4.89. The van der Waals surface area contributed by atoms with Gasteiger partial charge in [-0.25, -0.2) is 0 Å². The van der Waals surface area contributed by atoms with Gasteiger partial charge in [0, 0.05) is 34.1 Å². The van der Waals surface area contributed by atoms with E-state index in [9.17, 15) is 0 Å². The molecule has 11 rings (SSSR count). The summed E-state index contributed by atoms with van der Waals surface area (Å²) < 4.78 is 0. The lowest BCUT2D eigenvalue weighted by atomic mass is 9.70. The number of hydrogen-bond donors (Lipinski definition) is 0. The monoisotopic (exact) mass is 756 g/mol. The van der Waals surface area contributed by atoms with E-state index in [1.807, 2.05) is 0 Å². The summed E-state index contributed by atoms with van der Waals surface area (Å²) in [6, 6.07) is 72.4. The molecule has 9 aromatic carbocycles. The normalized spacial score (nSPS) is 12.9. The second-order valence-electron chi connectivity index (χ2n) is 16.3. The first-order chi connectivity index (χ1) is 28.9. The summed E-state index contributed by atoms with van der Waals surface area (Å²) in [6.45, 7) is 8.85. The third-order valence-electron chi connectivity index (χ3n) is 13.0. The summed E-state index contributed by atoms with van der Waals surface area (Å²) in [7, 11) is 0. The molecule has 0 atom stereocenters. The van der Waals surface area contributed by atoms with E-state index >= 15 is 0 Å². The average molecular weight is 757 g/mol. The van der Waals surface area contributed by atoms with Gasteiger partial charge < -0.3 is 9.80 Å². The molecule has 0 aromatic heterocycles. The highest BCUT2D eigenvalue weighted by Crippen LogP contribution is 2.64. The zero-order valence-electron chi connectivity index (χ0n) is 33.9. The van der Waals surface area contributed by atoms with Gasteiger partial charge in [0.2, 0.25) is 0 Å². The maximum absolute atomic E-state index is 2.51. The van der Waals surface area contributed by atoms with E-state index in [0.717, 1.165) is 11.4 Å². The smallest absolute Gasteiger partial charge is 0.0726 e. The Morgan fingerprint density at radius 2 is 0.678 bits per heavy atom. The second kappa shape index (κ2) is 13.5. The van der Waals surface area contributed by atoms with E-state index < -0.39 is 5.41 Å². The van der Waals surface area contributed by atoms with Crippen LogP contribution in [0.2, 0.25) is 0 Å². The van der Waals surface area contributed by atoms with Crippen molar-refractivity contribution >= 4 is 44.9 Å². The van der Waals surface area contributed by atoms with Crippen LogP contribution in [0.5, 0.6) is 0 Å². The molecule has 0 amide bonds. The highest BCUT2D eigenvalue weighted by Gasteiger charge is 2.52. The first-order valence-electron chi connectivity index (χ1n) is 20.7. The van der Waals surface area contributed by atoms with Gasteiger partial charge in [-0.2, -0.15) is 0 Å². The van der Waals surface area contributed by atoms with Crippen molar-refractivity contribution in [1.82, 2.24) is 0 Å². The van der Waals surface area contributed by atoms with Crippen molar-refractivity contribution < 1.29 is 0 Å². The van der Waals surface area contributed by atoms with Crippen molar-refractivity contribution in [3.8, 4) is 22.3 Å². The predicted molar refractivity (Wildman–Crippen MR) is 249 cm³/mol. The van der Waals surface area contributed by atoms with Gasteiger partial charge >= 0.3 is 0 Å². The average Bonchev–Trinajstić information content (AvgIpc) is 3.72. The van der Waals surface area contributed by atoms with Crippen molar-refractivity contribution in [2.45, 2.75) is 33.1 Å². The van der Waals surface area contributed by atoms with Gasteiger partial charge in [0.05, 0.1) is 5.41 Å². The summed E-state index contributed by atoms with van der Waals surface area (Å²) >= 11 is 0. The number of fused-ring (bicyclic) bond motifs is 11. The molecule has 0 fully saturated rings. The first-order valence-corrected chi connectivity index (χ1v) is 20.7. The maximum atomic E-state index is 2.51. The largest absolute Gasteiger partial charge is 0.310 e. The topological polar surface area (TPSA) is 6.48 Å². The molecule has 0 N–H and O–H groups in total. The number of rotatable bonds is 6. The van der Waals surface area contributed by atoms with Crippen molar-refractivity contribution in [2.24, 2.45) is 0 Å². The molecule has 2 aliphatic rings. The standard InChI is InChI=1S/C57H44N2/c1-37-17-5-13-25-53(37)58(54-26-14-6-18-38(54)2)43-30-29-41-34-48-47-32-31-44(59(55-27-15-7-19-39(55)3)56-28-16-8-20-40(56)4)36-52(47)57(51(48)35-42(41)33-43)49-23-11-9-21-45(49)46-22-10-12-24-50(46)57/h5-36H,1-4H3. The Labute approximate surface area is 347 Å². The fourth-order valence-corrected chi connectivity index (χ4v) is 10.2. The molecule has 0 unspecified atom stereocenters. The van der Waals surface area contributed by atoms with Gasteiger partial charge in [0.15, 0.2) is 0 Å². The van der Waals surface area contributed by atoms with Gasteiger partial charge in [0.25, 0.3) is 0 Å². The molecule has 9 aromatic rings. The SMILES string of the molecule is Cc1ccccc1N(c1ccc2c(c1)C1(c3ccccc3-c3ccccc31)c1cc3cc(N(c4ccccc4C)c4ccccc4C)ccc3cc1-2)c1ccccc1C. The minimum atomic E-state index is -0.507. The van der Waals surface area contributed by atoms with Crippen molar-refractivity contribution in [2.75, 3.05) is 9.80 Å². The van der Waals surface area contributed by atoms with Gasteiger partial charge in [0.1, 0.15) is 0 Å². The van der Waals surface area contributed by atoms with Crippen LogP contribution in [0.15, 0.2) is 194 Å². The van der Waals surface area contributed by atoms with Crippen molar-refractivity contribution in [3.05, 3.63) is 239 Å². The van der Waals surface area contributed by atoms with E-state index in [1.54, 1.807) is 0 Å². The molecule has 0 saturated carbocycles. The Balaban J connectivity index is 1.19. The van der Waals surface area contributed by atoms with Crippen LogP contribution in [0, 0.1) is 27.7 Å². The molecule has 2 heteroatoms. The molecule has 0 bridgehead atoms. The molecule has 0 heterocycles. The zero-order valence-corrected chi connectivity index (χ0v) is 33.9. The van der Waals surface area contributed by atoms with Gasteiger partial charge in [-0.05, 0) is 166 Å². The minimum Gasteiger partial charge on any atom is -0.310 e. The van der Waals surface area contributed by atoms with Crippen molar-refractivity contribution in [3.63, 3.8) is 0 Å². The minimum absolute atomic E-state index is 0.507. The van der Waals surface area contributed by atoms with Gasteiger partial charge in [-0.3, -0.25) is 0 Å². The quantitative estimate of drug-likeness (QED) is 0.167. The number of para-hydroxylation sites is 4. The lowest BCUT2D eigenvalue weighted by Crippen LogP contribution is -2.26. The predicted octanol–water partition coefficient (Wildman–Crippen LogP) is 15.4. The Kier molecular flexibility index (Phi) is 8.00. The first kappa shape index (κ1) is 35.0. The molecular formula is C57H44N2. The molecule has 0 saturated heterocycles. The third kappa shape index (κ3) is 5.19. The zero-order chi connectivity index (χ0) is 39.8. The molecule has 1 spiro atoms. The summed E-state index contributed by atoms with van der Waals surface area (Å²) in [5.41, 5.74) is 22.0. The molecular weight excluding hydrogens is 713 g/mol. The van der Waals surface area contributed by atoms with Crippen LogP contribution in [0.4, 0.5) is 34.1 Å². The van der Waals surface area contributed by atoms with E-state index in [1.165, 1.54) is 100 Å². The number of benzene rings is 9. The van der Waals surface area contributed by atoms with Crippen LogP contribution in [0.25, 0.3) is 33.0 Å².